The van der Waals surface area contributed by atoms with Crippen molar-refractivity contribution < 1.29 is 0 Å². The van der Waals surface area contributed by atoms with E-state index in [1.807, 2.05) is 43.7 Å². The van der Waals surface area contributed by atoms with Gasteiger partial charge in [0.15, 0.2) is 0 Å². The Bertz CT molecular complexity index is 1300. The summed E-state index contributed by atoms with van der Waals surface area (Å²) in [5, 5.41) is 4.84. The summed E-state index contributed by atoms with van der Waals surface area (Å²) >= 11 is 0. The van der Waals surface area contributed by atoms with Crippen LogP contribution in [-0.2, 0) is 7.05 Å². The molecule has 0 aliphatic rings. The topological polar surface area (TPSA) is 29.6 Å². The van der Waals surface area contributed by atoms with Crippen LogP contribution >= 0.6 is 0 Å². The lowest BCUT2D eigenvalue weighted by Gasteiger charge is -2.02. The molecule has 4 aromatic carbocycles. The summed E-state index contributed by atoms with van der Waals surface area (Å²) in [6.45, 7) is 0. The number of hydrogen-bond donors (Lipinski definition) is 0. The van der Waals surface area contributed by atoms with Gasteiger partial charge in [0.2, 0.25) is 0 Å². The Labute approximate surface area is 175 Å². The van der Waals surface area contributed by atoms with Crippen molar-refractivity contribution in [3.05, 3.63) is 108 Å². The molecule has 0 N–H and O–H groups in total. The Kier molecular flexibility index (Phi) is 4.70. The average molecular weight is 387 g/mol. The molecule has 0 unspecified atom stereocenters. The number of hydrogen-bond acceptors (Lipinski definition) is 2. The highest BCUT2D eigenvalue weighted by molar-refractivity contribution is 5.90. The first-order valence-electron chi connectivity index (χ1n) is 9.98. The summed E-state index contributed by atoms with van der Waals surface area (Å²) in [5.41, 5.74) is 3.95. The van der Waals surface area contributed by atoms with E-state index in [1.165, 1.54) is 21.5 Å². The van der Waals surface area contributed by atoms with Crippen molar-refractivity contribution in [2.24, 2.45) is 17.0 Å². The summed E-state index contributed by atoms with van der Waals surface area (Å²) < 4.78 is 2.09. The smallest absolute Gasteiger partial charge is 0.0636 e. The summed E-state index contributed by atoms with van der Waals surface area (Å²) in [4.78, 5) is 9.33. The van der Waals surface area contributed by atoms with E-state index in [4.69, 9.17) is 0 Å². The van der Waals surface area contributed by atoms with E-state index in [2.05, 4.69) is 87.3 Å². The third-order valence-electron chi connectivity index (χ3n) is 5.36. The molecule has 0 amide bonds. The van der Waals surface area contributed by atoms with Crippen molar-refractivity contribution in [2.45, 2.75) is 0 Å². The van der Waals surface area contributed by atoms with E-state index >= 15 is 0 Å². The van der Waals surface area contributed by atoms with Crippen molar-refractivity contribution >= 4 is 45.3 Å². The zero-order valence-electron chi connectivity index (χ0n) is 16.7. The van der Waals surface area contributed by atoms with Crippen LogP contribution in [0.15, 0.2) is 107 Å². The monoisotopic (exact) mass is 387 g/mol. The van der Waals surface area contributed by atoms with Gasteiger partial charge in [-0.3, -0.25) is 9.98 Å². The van der Waals surface area contributed by atoms with E-state index < -0.39 is 0 Å². The number of aromatic nitrogens is 1. The Morgan fingerprint density at radius 1 is 0.533 bits per heavy atom. The second-order valence-electron chi connectivity index (χ2n) is 7.32. The lowest BCUT2D eigenvalue weighted by molar-refractivity contribution is 0.909. The van der Waals surface area contributed by atoms with E-state index in [0.29, 0.717) is 0 Å². The van der Waals surface area contributed by atoms with E-state index in [0.717, 1.165) is 22.8 Å². The fourth-order valence-corrected chi connectivity index (χ4v) is 3.60. The molecule has 144 valence electrons. The normalized spacial score (nSPS) is 11.9. The minimum absolute atomic E-state index is 0.946. The van der Waals surface area contributed by atoms with Gasteiger partial charge in [-0.15, -0.1) is 0 Å². The number of aliphatic imine (C=N–C) groups is 2. The molecule has 5 aromatic rings. The molecule has 3 nitrogen and oxygen atoms in total. The van der Waals surface area contributed by atoms with Gasteiger partial charge in [-0.25, -0.2) is 0 Å². The second kappa shape index (κ2) is 7.80. The minimum Gasteiger partial charge on any atom is -0.342 e. The Hall–Kier alpha value is -3.98. The molecule has 0 saturated carbocycles. The number of nitrogens with zero attached hydrogens (tertiary/aromatic N) is 3. The Balaban J connectivity index is 1.37. The van der Waals surface area contributed by atoms with Gasteiger partial charge < -0.3 is 4.57 Å². The highest BCUT2D eigenvalue weighted by Crippen LogP contribution is 2.22. The molecular weight excluding hydrogens is 366 g/mol. The van der Waals surface area contributed by atoms with Crippen LogP contribution in [0, 0.1) is 0 Å². The zero-order valence-corrected chi connectivity index (χ0v) is 16.7. The maximum atomic E-state index is 4.66. The number of benzene rings is 4. The van der Waals surface area contributed by atoms with Crippen LogP contribution in [0.5, 0.6) is 0 Å². The van der Waals surface area contributed by atoms with E-state index in [-0.39, 0.29) is 0 Å². The van der Waals surface area contributed by atoms with Gasteiger partial charge in [0.05, 0.1) is 35.2 Å². The molecule has 1 aromatic heterocycles. The lowest BCUT2D eigenvalue weighted by Crippen LogP contribution is -1.99. The molecule has 0 fully saturated rings. The fraction of sp³-hybridized carbons (Fsp3) is 0.0370. The summed E-state index contributed by atoms with van der Waals surface area (Å²) in [5.74, 6) is 0. The molecule has 0 aliphatic carbocycles. The van der Waals surface area contributed by atoms with Crippen LogP contribution in [0.3, 0.4) is 0 Å². The van der Waals surface area contributed by atoms with E-state index in [9.17, 15) is 0 Å². The third-order valence-corrected chi connectivity index (χ3v) is 5.36. The Morgan fingerprint density at radius 2 is 0.967 bits per heavy atom. The first kappa shape index (κ1) is 18.1. The van der Waals surface area contributed by atoms with Crippen LogP contribution in [0.1, 0.15) is 11.4 Å². The van der Waals surface area contributed by atoms with Gasteiger partial charge in [0.1, 0.15) is 0 Å². The summed E-state index contributed by atoms with van der Waals surface area (Å²) in [7, 11) is 2.03. The van der Waals surface area contributed by atoms with Crippen molar-refractivity contribution in [3.8, 4) is 0 Å². The van der Waals surface area contributed by atoms with Gasteiger partial charge in [0.25, 0.3) is 0 Å². The van der Waals surface area contributed by atoms with Crippen molar-refractivity contribution in [2.75, 3.05) is 0 Å². The van der Waals surface area contributed by atoms with Gasteiger partial charge in [0, 0.05) is 7.05 Å². The first-order chi connectivity index (χ1) is 14.8. The standard InChI is InChI=1S/C27H21N3/c1-30-26(18-28-24-12-10-20-6-2-4-8-22(20)16-24)14-15-27(30)19-29-25-13-11-21-7-3-5-9-23(21)17-25/h2-19H,1H3. The molecule has 0 saturated heterocycles. The van der Waals surface area contributed by atoms with Crippen LogP contribution in [-0.4, -0.2) is 17.0 Å². The molecule has 1 heterocycles. The van der Waals surface area contributed by atoms with Crippen molar-refractivity contribution in [1.29, 1.82) is 0 Å². The molecule has 0 bridgehead atoms. The molecular formula is C27H21N3. The SMILES string of the molecule is Cn1c(C=Nc2ccc3ccccc3c2)ccc1C=Nc1ccc2ccccc2c1. The van der Waals surface area contributed by atoms with Crippen LogP contribution in [0.25, 0.3) is 21.5 Å². The zero-order chi connectivity index (χ0) is 20.3. The predicted octanol–water partition coefficient (Wildman–Crippen LogP) is 6.83. The quantitative estimate of drug-likeness (QED) is 0.302. The maximum absolute atomic E-state index is 4.66. The molecule has 0 atom stereocenters. The molecule has 0 radical (unpaired) electrons. The second-order valence-corrected chi connectivity index (χ2v) is 7.32. The molecule has 5 rings (SSSR count). The highest BCUT2D eigenvalue weighted by Gasteiger charge is 2.01. The van der Waals surface area contributed by atoms with Crippen LogP contribution in [0.4, 0.5) is 11.4 Å². The predicted molar refractivity (Wildman–Crippen MR) is 128 cm³/mol. The van der Waals surface area contributed by atoms with Crippen molar-refractivity contribution in [3.63, 3.8) is 0 Å². The number of fused-ring (bicyclic) bond motifs is 2. The van der Waals surface area contributed by atoms with Crippen LogP contribution in [0.2, 0.25) is 0 Å². The van der Waals surface area contributed by atoms with Gasteiger partial charge in [-0.1, -0.05) is 60.7 Å². The first-order valence-corrected chi connectivity index (χ1v) is 9.98. The van der Waals surface area contributed by atoms with Gasteiger partial charge >= 0.3 is 0 Å². The maximum Gasteiger partial charge on any atom is 0.0636 e. The summed E-state index contributed by atoms with van der Waals surface area (Å²) in [6.07, 6.45) is 3.80. The van der Waals surface area contributed by atoms with E-state index in [1.54, 1.807) is 0 Å². The molecule has 3 heteroatoms. The molecule has 0 spiro atoms. The van der Waals surface area contributed by atoms with Crippen molar-refractivity contribution in [1.82, 2.24) is 4.57 Å². The Morgan fingerprint density at radius 3 is 1.43 bits per heavy atom. The highest BCUT2D eigenvalue weighted by atomic mass is 15.0. The molecule has 30 heavy (non-hydrogen) atoms. The van der Waals surface area contributed by atoms with Crippen LogP contribution < -0.4 is 0 Å². The molecule has 0 aliphatic heterocycles. The number of rotatable bonds is 4. The van der Waals surface area contributed by atoms with Gasteiger partial charge in [-0.2, -0.15) is 0 Å². The minimum atomic E-state index is 0.946. The van der Waals surface area contributed by atoms with Gasteiger partial charge in [-0.05, 0) is 57.9 Å². The summed E-state index contributed by atoms with van der Waals surface area (Å²) in [6, 6.07) is 33.3. The lowest BCUT2D eigenvalue weighted by atomic mass is 10.1. The third kappa shape index (κ3) is 3.65. The average Bonchev–Trinajstić information content (AvgIpc) is 3.15. The largest absolute Gasteiger partial charge is 0.342 e. The fourth-order valence-electron chi connectivity index (χ4n) is 3.60.